The van der Waals surface area contributed by atoms with Crippen LogP contribution in [0.2, 0.25) is 5.28 Å². The molecule has 1 fully saturated rings. The first-order chi connectivity index (χ1) is 13.0. The highest BCUT2D eigenvalue weighted by Gasteiger charge is 2.39. The summed E-state index contributed by atoms with van der Waals surface area (Å²) in [7, 11) is 7.51. The van der Waals surface area contributed by atoms with Gasteiger partial charge in [-0.25, -0.2) is 14.2 Å². The lowest BCUT2D eigenvalue weighted by Crippen LogP contribution is -2.45. The van der Waals surface area contributed by atoms with Crippen molar-refractivity contribution in [2.75, 3.05) is 18.5 Å². The number of nitrogens with zero attached hydrogens (tertiary/aromatic N) is 4. The van der Waals surface area contributed by atoms with Crippen molar-refractivity contribution in [1.29, 1.82) is 0 Å². The summed E-state index contributed by atoms with van der Waals surface area (Å²) in [5.74, 6) is -0.122. The van der Waals surface area contributed by atoms with Crippen molar-refractivity contribution >= 4 is 47.7 Å². The highest BCUT2D eigenvalue weighted by Crippen LogP contribution is 2.31. The number of anilines is 1. The van der Waals surface area contributed by atoms with E-state index in [4.69, 9.17) is 24.2 Å². The third-order valence-corrected chi connectivity index (χ3v) is 5.13. The highest BCUT2D eigenvalue weighted by molar-refractivity contribution is 6.33. The number of rotatable bonds is 2. The van der Waals surface area contributed by atoms with Crippen LogP contribution in [0.3, 0.4) is 0 Å². The molecule has 2 aromatic rings. The van der Waals surface area contributed by atoms with Crippen LogP contribution in [0.5, 0.6) is 0 Å². The van der Waals surface area contributed by atoms with Gasteiger partial charge in [0.15, 0.2) is 0 Å². The SMILES string of the molecule is [B]c1ccc2c(N(C)C3CCN(C(=O)OC(C)(C)C)C3C)nc(Cl)nc2c1F. The van der Waals surface area contributed by atoms with Gasteiger partial charge in [-0.2, -0.15) is 4.98 Å². The zero-order valence-electron chi connectivity index (χ0n) is 16.7. The molecule has 0 N–H and O–H groups in total. The van der Waals surface area contributed by atoms with E-state index in [1.54, 1.807) is 11.0 Å². The Kier molecular flexibility index (Phi) is 5.45. The molecule has 1 aliphatic rings. The number of aromatic nitrogens is 2. The molecule has 2 radical (unpaired) electrons. The first-order valence-corrected chi connectivity index (χ1v) is 9.51. The molecular formula is C19H23BClFN4O2. The second-order valence-corrected chi connectivity index (χ2v) is 8.40. The molecular weight excluding hydrogens is 381 g/mol. The molecule has 1 amide bonds. The average Bonchev–Trinajstić information content (AvgIpc) is 2.97. The van der Waals surface area contributed by atoms with Gasteiger partial charge in [-0.05, 0) is 51.8 Å². The van der Waals surface area contributed by atoms with Crippen molar-refractivity contribution in [3.8, 4) is 0 Å². The van der Waals surface area contributed by atoms with Gasteiger partial charge in [-0.3, -0.25) is 0 Å². The lowest BCUT2D eigenvalue weighted by Gasteiger charge is -2.33. The number of hydrogen-bond donors (Lipinski definition) is 0. The van der Waals surface area contributed by atoms with E-state index in [9.17, 15) is 9.18 Å². The molecule has 2 heterocycles. The minimum absolute atomic E-state index is 0.00112. The zero-order chi connectivity index (χ0) is 20.8. The summed E-state index contributed by atoms with van der Waals surface area (Å²) in [5.41, 5.74) is -0.480. The van der Waals surface area contributed by atoms with E-state index in [1.165, 1.54) is 6.07 Å². The molecule has 0 bridgehead atoms. The fourth-order valence-electron chi connectivity index (χ4n) is 3.58. The molecule has 3 rings (SSSR count). The Morgan fingerprint density at radius 1 is 1.39 bits per heavy atom. The van der Waals surface area contributed by atoms with Crippen LogP contribution >= 0.6 is 11.6 Å². The van der Waals surface area contributed by atoms with E-state index in [1.807, 2.05) is 39.6 Å². The minimum Gasteiger partial charge on any atom is -0.444 e. The van der Waals surface area contributed by atoms with Crippen LogP contribution in [0.1, 0.15) is 34.1 Å². The van der Waals surface area contributed by atoms with Crippen LogP contribution in [0.4, 0.5) is 15.0 Å². The van der Waals surface area contributed by atoms with Crippen LogP contribution < -0.4 is 10.4 Å². The summed E-state index contributed by atoms with van der Waals surface area (Å²) in [6.45, 7) is 8.03. The van der Waals surface area contributed by atoms with Crippen LogP contribution in [0, 0.1) is 5.82 Å². The van der Waals surface area contributed by atoms with E-state index < -0.39 is 11.4 Å². The van der Waals surface area contributed by atoms with Crippen molar-refractivity contribution < 1.29 is 13.9 Å². The van der Waals surface area contributed by atoms with Crippen molar-refractivity contribution in [2.45, 2.75) is 51.8 Å². The summed E-state index contributed by atoms with van der Waals surface area (Å²) in [4.78, 5) is 24.4. The van der Waals surface area contributed by atoms with Gasteiger partial charge in [-0.15, -0.1) is 0 Å². The fraction of sp³-hybridized carbons (Fsp3) is 0.526. The van der Waals surface area contributed by atoms with Gasteiger partial charge >= 0.3 is 6.09 Å². The Morgan fingerprint density at radius 3 is 2.71 bits per heavy atom. The summed E-state index contributed by atoms with van der Waals surface area (Å²) >= 11 is 6.05. The number of amides is 1. The van der Waals surface area contributed by atoms with E-state index in [2.05, 4.69) is 9.97 Å². The Morgan fingerprint density at radius 2 is 2.07 bits per heavy atom. The summed E-state index contributed by atoms with van der Waals surface area (Å²) in [5, 5.41) is 0.454. The minimum atomic E-state index is -0.619. The predicted octanol–water partition coefficient (Wildman–Crippen LogP) is 3.05. The van der Waals surface area contributed by atoms with Crippen molar-refractivity contribution in [2.24, 2.45) is 0 Å². The normalized spacial score (nSPS) is 19.9. The molecule has 0 spiro atoms. The lowest BCUT2D eigenvalue weighted by atomic mass is 9.94. The largest absolute Gasteiger partial charge is 0.444 e. The predicted molar refractivity (Wildman–Crippen MR) is 109 cm³/mol. The molecule has 28 heavy (non-hydrogen) atoms. The number of carbonyl (C=O) groups excluding carboxylic acids is 1. The summed E-state index contributed by atoms with van der Waals surface area (Å²) in [6.07, 6.45) is 0.373. The van der Waals surface area contributed by atoms with E-state index in [0.29, 0.717) is 17.7 Å². The van der Waals surface area contributed by atoms with Crippen LogP contribution in [0.15, 0.2) is 12.1 Å². The fourth-order valence-corrected chi connectivity index (χ4v) is 3.74. The van der Waals surface area contributed by atoms with Gasteiger partial charge in [0.1, 0.15) is 30.6 Å². The molecule has 148 valence electrons. The summed E-state index contributed by atoms with van der Waals surface area (Å²) in [6, 6.07) is 3.00. The van der Waals surface area contributed by atoms with Crippen molar-refractivity contribution in [3.05, 3.63) is 23.2 Å². The number of ether oxygens (including phenoxy) is 1. The van der Waals surface area contributed by atoms with Gasteiger partial charge in [0, 0.05) is 19.0 Å². The summed E-state index contributed by atoms with van der Waals surface area (Å²) < 4.78 is 19.9. The lowest BCUT2D eigenvalue weighted by molar-refractivity contribution is 0.0233. The smallest absolute Gasteiger partial charge is 0.410 e. The molecule has 1 aromatic heterocycles. The number of hydrogen-bond acceptors (Lipinski definition) is 5. The Hall–Kier alpha value is -2.09. The second-order valence-electron chi connectivity index (χ2n) is 8.06. The number of benzene rings is 1. The van der Waals surface area contributed by atoms with Crippen LogP contribution in [-0.4, -0.2) is 60.1 Å². The van der Waals surface area contributed by atoms with Gasteiger partial charge in [0.2, 0.25) is 5.28 Å². The van der Waals surface area contributed by atoms with E-state index in [-0.39, 0.29) is 34.4 Å². The quantitative estimate of drug-likeness (QED) is 0.569. The van der Waals surface area contributed by atoms with Crippen LogP contribution in [0.25, 0.3) is 10.9 Å². The van der Waals surface area contributed by atoms with Crippen LogP contribution in [-0.2, 0) is 4.74 Å². The Balaban J connectivity index is 1.92. The van der Waals surface area contributed by atoms with Crippen molar-refractivity contribution in [1.82, 2.24) is 14.9 Å². The topological polar surface area (TPSA) is 58.6 Å². The van der Waals surface area contributed by atoms with Crippen molar-refractivity contribution in [3.63, 3.8) is 0 Å². The molecule has 9 heteroatoms. The maximum atomic E-state index is 14.4. The van der Waals surface area contributed by atoms with E-state index in [0.717, 1.165) is 6.42 Å². The number of likely N-dealkylation sites (tertiary alicyclic amines) is 1. The molecule has 0 saturated carbocycles. The van der Waals surface area contributed by atoms with Gasteiger partial charge in [0.05, 0.1) is 12.1 Å². The Labute approximate surface area is 170 Å². The molecule has 2 atom stereocenters. The molecule has 1 saturated heterocycles. The second kappa shape index (κ2) is 7.39. The third-order valence-electron chi connectivity index (χ3n) is 4.96. The number of halogens is 2. The standard InChI is InChI=1S/C19H23BClFN4O2/c1-10-13(8-9-26(10)18(27)28-19(2,3)4)25(5)16-11-6-7-12(20)14(22)15(11)23-17(21)24-16/h6-7,10,13H,8-9H2,1-5H3. The molecule has 2 unspecified atom stereocenters. The molecule has 1 aromatic carbocycles. The zero-order valence-corrected chi connectivity index (χ0v) is 17.4. The van der Waals surface area contributed by atoms with Gasteiger partial charge in [0.25, 0.3) is 0 Å². The number of fused-ring (bicyclic) bond motifs is 1. The van der Waals surface area contributed by atoms with Gasteiger partial charge < -0.3 is 14.5 Å². The first kappa shape index (κ1) is 20.6. The highest BCUT2D eigenvalue weighted by atomic mass is 35.5. The monoisotopic (exact) mass is 404 g/mol. The maximum Gasteiger partial charge on any atom is 0.410 e. The molecule has 6 nitrogen and oxygen atoms in total. The third kappa shape index (κ3) is 3.88. The average molecular weight is 405 g/mol. The Bertz CT molecular complexity index is 921. The number of likely N-dealkylation sites (N-methyl/N-ethyl adjacent to an activating group) is 1. The molecule has 0 aliphatic carbocycles. The molecule has 1 aliphatic heterocycles. The number of carbonyl (C=O) groups is 1. The van der Waals surface area contributed by atoms with E-state index >= 15 is 0 Å². The first-order valence-electron chi connectivity index (χ1n) is 9.13. The maximum absolute atomic E-state index is 14.4. The van der Waals surface area contributed by atoms with Gasteiger partial charge in [-0.1, -0.05) is 11.5 Å².